The number of hydrogen-bond acceptors (Lipinski definition) is 4. The molecule has 0 aromatic rings. The number of aliphatic hydroxyl groups excluding tert-OH is 1. The van der Waals surface area contributed by atoms with E-state index in [9.17, 15) is 5.11 Å². The first-order valence-corrected chi connectivity index (χ1v) is 6.27. The molecule has 1 fully saturated rings. The van der Waals surface area contributed by atoms with Crippen molar-refractivity contribution < 1.29 is 14.6 Å². The van der Waals surface area contributed by atoms with E-state index >= 15 is 0 Å². The summed E-state index contributed by atoms with van der Waals surface area (Å²) in [6.45, 7) is 8.06. The molecule has 0 bridgehead atoms. The quantitative estimate of drug-likeness (QED) is 0.714. The van der Waals surface area contributed by atoms with E-state index in [1.807, 2.05) is 6.92 Å². The molecular formula is C12H25NO3. The van der Waals surface area contributed by atoms with Gasteiger partial charge in [-0.25, -0.2) is 0 Å². The fourth-order valence-electron chi connectivity index (χ4n) is 2.10. The van der Waals surface area contributed by atoms with Crippen LogP contribution in [0.5, 0.6) is 0 Å². The molecule has 2 N–H and O–H groups in total. The SMILES string of the molecule is CCNCC(O)COC1CC(C)OC(C)C1. The van der Waals surface area contributed by atoms with Crippen molar-refractivity contribution >= 4 is 0 Å². The summed E-state index contributed by atoms with van der Waals surface area (Å²) in [6, 6.07) is 0. The van der Waals surface area contributed by atoms with Crippen LogP contribution in [0, 0.1) is 0 Å². The minimum Gasteiger partial charge on any atom is -0.389 e. The van der Waals surface area contributed by atoms with E-state index in [4.69, 9.17) is 9.47 Å². The third-order valence-electron chi connectivity index (χ3n) is 2.81. The molecule has 4 heteroatoms. The van der Waals surface area contributed by atoms with Crippen molar-refractivity contribution in [1.29, 1.82) is 0 Å². The van der Waals surface area contributed by atoms with Gasteiger partial charge in [0.2, 0.25) is 0 Å². The first kappa shape index (κ1) is 13.9. The van der Waals surface area contributed by atoms with Gasteiger partial charge in [-0.05, 0) is 33.2 Å². The molecule has 0 amide bonds. The van der Waals surface area contributed by atoms with Crippen LogP contribution in [0.1, 0.15) is 33.6 Å². The van der Waals surface area contributed by atoms with Crippen LogP contribution >= 0.6 is 0 Å². The van der Waals surface area contributed by atoms with E-state index < -0.39 is 6.10 Å². The van der Waals surface area contributed by atoms with Gasteiger partial charge in [0.25, 0.3) is 0 Å². The highest BCUT2D eigenvalue weighted by Gasteiger charge is 2.25. The molecule has 1 heterocycles. The van der Waals surface area contributed by atoms with E-state index in [1.54, 1.807) is 0 Å². The Morgan fingerprint density at radius 2 is 2.00 bits per heavy atom. The molecule has 96 valence electrons. The van der Waals surface area contributed by atoms with Crippen molar-refractivity contribution in [2.75, 3.05) is 19.7 Å². The zero-order chi connectivity index (χ0) is 12.0. The van der Waals surface area contributed by atoms with Crippen LogP contribution in [-0.2, 0) is 9.47 Å². The summed E-state index contributed by atoms with van der Waals surface area (Å²) in [6.07, 6.45) is 2.21. The topological polar surface area (TPSA) is 50.7 Å². The standard InChI is InChI=1S/C12H25NO3/c1-4-13-7-11(14)8-15-12-5-9(2)16-10(3)6-12/h9-14H,4-8H2,1-3H3. The van der Waals surface area contributed by atoms with Crippen molar-refractivity contribution in [3.8, 4) is 0 Å². The second-order valence-electron chi connectivity index (χ2n) is 4.65. The second-order valence-corrected chi connectivity index (χ2v) is 4.65. The summed E-state index contributed by atoms with van der Waals surface area (Å²) in [4.78, 5) is 0. The summed E-state index contributed by atoms with van der Waals surface area (Å²) in [7, 11) is 0. The van der Waals surface area contributed by atoms with Crippen LogP contribution in [0.25, 0.3) is 0 Å². The van der Waals surface area contributed by atoms with Gasteiger partial charge in [-0.15, -0.1) is 0 Å². The molecule has 0 radical (unpaired) electrons. The Balaban J connectivity index is 2.16. The average molecular weight is 231 g/mol. The van der Waals surface area contributed by atoms with Crippen LogP contribution in [0.4, 0.5) is 0 Å². The maximum absolute atomic E-state index is 9.62. The molecule has 3 atom stereocenters. The molecule has 0 aromatic heterocycles. The highest BCUT2D eigenvalue weighted by Crippen LogP contribution is 2.21. The number of ether oxygens (including phenoxy) is 2. The molecule has 1 saturated heterocycles. The fourth-order valence-corrected chi connectivity index (χ4v) is 2.10. The van der Waals surface area contributed by atoms with E-state index in [0.717, 1.165) is 19.4 Å². The molecular weight excluding hydrogens is 206 g/mol. The third kappa shape index (κ3) is 5.25. The first-order valence-electron chi connectivity index (χ1n) is 6.27. The van der Waals surface area contributed by atoms with Gasteiger partial charge in [-0.3, -0.25) is 0 Å². The van der Waals surface area contributed by atoms with Crippen LogP contribution in [0.15, 0.2) is 0 Å². The number of rotatable bonds is 6. The van der Waals surface area contributed by atoms with Gasteiger partial charge in [0.15, 0.2) is 0 Å². The minimum absolute atomic E-state index is 0.232. The second kappa shape index (κ2) is 7.22. The Morgan fingerprint density at radius 3 is 2.56 bits per heavy atom. The zero-order valence-electron chi connectivity index (χ0n) is 10.6. The lowest BCUT2D eigenvalue weighted by atomic mass is 10.0. The summed E-state index contributed by atoms with van der Waals surface area (Å²) in [5.41, 5.74) is 0. The molecule has 0 spiro atoms. The van der Waals surface area contributed by atoms with Gasteiger partial charge in [0.05, 0.1) is 31.0 Å². The summed E-state index contributed by atoms with van der Waals surface area (Å²) >= 11 is 0. The summed E-state index contributed by atoms with van der Waals surface area (Å²) in [5.74, 6) is 0. The third-order valence-corrected chi connectivity index (χ3v) is 2.81. The molecule has 16 heavy (non-hydrogen) atoms. The summed E-state index contributed by atoms with van der Waals surface area (Å²) < 4.78 is 11.3. The molecule has 4 nitrogen and oxygen atoms in total. The highest BCUT2D eigenvalue weighted by molar-refractivity contribution is 4.74. The average Bonchev–Trinajstić information content (AvgIpc) is 2.22. The minimum atomic E-state index is -0.409. The molecule has 3 unspecified atom stereocenters. The smallest absolute Gasteiger partial charge is 0.0897 e. The van der Waals surface area contributed by atoms with Crippen LogP contribution in [-0.4, -0.2) is 49.2 Å². The Morgan fingerprint density at radius 1 is 1.38 bits per heavy atom. The maximum atomic E-state index is 9.62. The zero-order valence-corrected chi connectivity index (χ0v) is 10.6. The fraction of sp³-hybridized carbons (Fsp3) is 1.00. The van der Waals surface area contributed by atoms with Crippen LogP contribution in [0.3, 0.4) is 0 Å². The Bertz CT molecular complexity index is 179. The van der Waals surface area contributed by atoms with Crippen molar-refractivity contribution in [2.45, 2.75) is 58.0 Å². The highest BCUT2D eigenvalue weighted by atomic mass is 16.5. The van der Waals surface area contributed by atoms with E-state index in [0.29, 0.717) is 13.2 Å². The molecule has 0 saturated carbocycles. The van der Waals surface area contributed by atoms with Crippen molar-refractivity contribution in [3.63, 3.8) is 0 Å². The summed E-state index contributed by atoms with van der Waals surface area (Å²) in [5, 5.41) is 12.7. The monoisotopic (exact) mass is 231 g/mol. The number of aliphatic hydroxyl groups is 1. The predicted octanol–water partition coefficient (Wildman–Crippen LogP) is 0.929. The number of likely N-dealkylation sites (N-methyl/N-ethyl adjacent to an activating group) is 1. The van der Waals surface area contributed by atoms with Crippen LogP contribution < -0.4 is 5.32 Å². The van der Waals surface area contributed by atoms with E-state index in [-0.39, 0.29) is 18.3 Å². The lowest BCUT2D eigenvalue weighted by Gasteiger charge is -2.32. The van der Waals surface area contributed by atoms with Gasteiger partial charge in [0.1, 0.15) is 0 Å². The maximum Gasteiger partial charge on any atom is 0.0897 e. The van der Waals surface area contributed by atoms with E-state index in [1.165, 1.54) is 0 Å². The number of hydrogen-bond donors (Lipinski definition) is 2. The molecule has 1 aliphatic rings. The van der Waals surface area contributed by atoms with E-state index in [2.05, 4.69) is 19.2 Å². The van der Waals surface area contributed by atoms with Gasteiger partial charge < -0.3 is 19.9 Å². The number of nitrogens with one attached hydrogen (secondary N) is 1. The molecule has 1 aliphatic heterocycles. The van der Waals surface area contributed by atoms with Gasteiger partial charge in [-0.2, -0.15) is 0 Å². The molecule has 0 aliphatic carbocycles. The van der Waals surface area contributed by atoms with Crippen molar-refractivity contribution in [1.82, 2.24) is 5.32 Å². The Labute approximate surface area is 98.3 Å². The normalized spacial score (nSPS) is 32.6. The lowest BCUT2D eigenvalue weighted by Crippen LogP contribution is -2.37. The molecule has 0 aromatic carbocycles. The van der Waals surface area contributed by atoms with Gasteiger partial charge in [0, 0.05) is 6.54 Å². The van der Waals surface area contributed by atoms with Crippen molar-refractivity contribution in [2.24, 2.45) is 0 Å². The van der Waals surface area contributed by atoms with Crippen LogP contribution in [0.2, 0.25) is 0 Å². The first-order chi connectivity index (χ1) is 7.61. The Hall–Kier alpha value is -0.160. The largest absolute Gasteiger partial charge is 0.389 e. The van der Waals surface area contributed by atoms with Gasteiger partial charge in [-0.1, -0.05) is 6.92 Å². The lowest BCUT2D eigenvalue weighted by molar-refractivity contribution is -0.113. The Kier molecular flexibility index (Phi) is 6.28. The molecule has 1 rings (SSSR count). The predicted molar refractivity (Wildman–Crippen MR) is 63.5 cm³/mol. The van der Waals surface area contributed by atoms with Crippen molar-refractivity contribution in [3.05, 3.63) is 0 Å². The van der Waals surface area contributed by atoms with Gasteiger partial charge >= 0.3 is 0 Å².